The third-order valence-electron chi connectivity index (χ3n) is 5.11. The molecule has 0 spiro atoms. The maximum atomic E-state index is 12.5. The molecule has 0 bridgehead atoms. The molecular weight excluding hydrogens is 376 g/mol. The van der Waals surface area contributed by atoms with Gasteiger partial charge in [-0.2, -0.15) is 0 Å². The van der Waals surface area contributed by atoms with Crippen molar-refractivity contribution in [1.82, 2.24) is 5.32 Å². The van der Waals surface area contributed by atoms with Gasteiger partial charge in [-0.15, -0.1) is 0 Å². The molecule has 2 amide bonds. The van der Waals surface area contributed by atoms with Gasteiger partial charge < -0.3 is 15.0 Å². The van der Waals surface area contributed by atoms with E-state index in [9.17, 15) is 9.59 Å². The molecule has 5 heteroatoms. The summed E-state index contributed by atoms with van der Waals surface area (Å²) in [6.07, 6.45) is 1.48. The largest absolute Gasteiger partial charge is 0.489 e. The molecule has 0 unspecified atom stereocenters. The van der Waals surface area contributed by atoms with Crippen molar-refractivity contribution in [2.75, 3.05) is 11.4 Å². The van der Waals surface area contributed by atoms with Crippen LogP contribution in [-0.4, -0.2) is 18.4 Å². The first kappa shape index (κ1) is 19.7. The minimum atomic E-state index is -0.139. The Morgan fingerprint density at radius 1 is 0.933 bits per heavy atom. The van der Waals surface area contributed by atoms with Gasteiger partial charge in [0, 0.05) is 30.8 Å². The van der Waals surface area contributed by atoms with Crippen molar-refractivity contribution in [3.63, 3.8) is 0 Å². The zero-order valence-corrected chi connectivity index (χ0v) is 16.7. The third kappa shape index (κ3) is 4.87. The van der Waals surface area contributed by atoms with Gasteiger partial charge in [0.1, 0.15) is 12.4 Å². The van der Waals surface area contributed by atoms with Crippen LogP contribution in [0.1, 0.15) is 34.3 Å². The van der Waals surface area contributed by atoms with Gasteiger partial charge in [0.15, 0.2) is 0 Å². The highest BCUT2D eigenvalue weighted by atomic mass is 16.5. The summed E-state index contributed by atoms with van der Waals surface area (Å²) in [5.41, 5.74) is 3.48. The lowest BCUT2D eigenvalue weighted by atomic mass is 10.1. The smallest absolute Gasteiger partial charge is 0.251 e. The first-order valence-electron chi connectivity index (χ1n) is 10.1. The standard InChI is InChI=1S/C25H24N2O3/c28-24-10-5-15-27(24)22-13-11-21(12-14-22)25(29)26-17-19-6-4-7-20(16-19)18-30-23-8-2-1-3-9-23/h1-4,6-9,11-14,16H,5,10,15,17-18H2,(H,26,29). The molecule has 0 atom stereocenters. The molecule has 3 aromatic rings. The van der Waals surface area contributed by atoms with Crippen molar-refractivity contribution >= 4 is 17.5 Å². The molecule has 5 nitrogen and oxygen atoms in total. The molecule has 4 rings (SSSR count). The van der Waals surface area contributed by atoms with Gasteiger partial charge in [-0.25, -0.2) is 0 Å². The quantitative estimate of drug-likeness (QED) is 0.642. The Hall–Kier alpha value is -3.60. The zero-order valence-electron chi connectivity index (χ0n) is 16.7. The fourth-order valence-corrected chi connectivity index (χ4v) is 3.51. The van der Waals surface area contributed by atoms with Crippen LogP contribution in [-0.2, 0) is 17.9 Å². The number of anilines is 1. The molecule has 1 aliphatic heterocycles. The summed E-state index contributed by atoms with van der Waals surface area (Å²) in [6, 6.07) is 24.9. The van der Waals surface area contributed by atoms with E-state index in [4.69, 9.17) is 4.74 Å². The van der Waals surface area contributed by atoms with Gasteiger partial charge in [-0.05, 0) is 53.9 Å². The average Bonchev–Trinajstić information content (AvgIpc) is 3.23. The Morgan fingerprint density at radius 2 is 1.70 bits per heavy atom. The maximum absolute atomic E-state index is 12.5. The first-order chi connectivity index (χ1) is 14.7. The summed E-state index contributed by atoms with van der Waals surface area (Å²) in [5.74, 6) is 0.832. The van der Waals surface area contributed by atoms with Crippen molar-refractivity contribution in [3.8, 4) is 5.75 Å². The molecule has 0 aromatic heterocycles. The summed E-state index contributed by atoms with van der Waals surface area (Å²) < 4.78 is 5.79. The fraction of sp³-hybridized carbons (Fsp3) is 0.200. The third-order valence-corrected chi connectivity index (χ3v) is 5.11. The lowest BCUT2D eigenvalue weighted by Crippen LogP contribution is -2.25. The van der Waals surface area contributed by atoms with E-state index in [-0.39, 0.29) is 11.8 Å². The van der Waals surface area contributed by atoms with Crippen LogP contribution in [0.25, 0.3) is 0 Å². The summed E-state index contributed by atoms with van der Waals surface area (Å²) in [7, 11) is 0. The molecule has 152 valence electrons. The number of nitrogens with zero attached hydrogens (tertiary/aromatic N) is 1. The maximum Gasteiger partial charge on any atom is 0.251 e. The molecule has 3 aromatic carbocycles. The summed E-state index contributed by atoms with van der Waals surface area (Å²) in [4.78, 5) is 26.1. The van der Waals surface area contributed by atoms with Crippen molar-refractivity contribution in [1.29, 1.82) is 0 Å². The van der Waals surface area contributed by atoms with Gasteiger partial charge in [-0.1, -0.05) is 42.5 Å². The molecule has 1 N–H and O–H groups in total. The summed E-state index contributed by atoms with van der Waals surface area (Å²) >= 11 is 0. The number of nitrogens with one attached hydrogen (secondary N) is 1. The van der Waals surface area contributed by atoms with E-state index >= 15 is 0 Å². The predicted molar refractivity (Wildman–Crippen MR) is 116 cm³/mol. The van der Waals surface area contributed by atoms with Crippen molar-refractivity contribution in [2.45, 2.75) is 26.0 Å². The number of carbonyl (C=O) groups excluding carboxylic acids is 2. The van der Waals surface area contributed by atoms with Crippen molar-refractivity contribution < 1.29 is 14.3 Å². The number of hydrogen-bond donors (Lipinski definition) is 1. The van der Waals surface area contributed by atoms with Crippen LogP contribution in [0.2, 0.25) is 0 Å². The molecular formula is C25H24N2O3. The number of carbonyl (C=O) groups is 2. The van der Waals surface area contributed by atoms with Crippen molar-refractivity contribution in [3.05, 3.63) is 95.6 Å². The highest BCUT2D eigenvalue weighted by molar-refractivity contribution is 5.97. The second kappa shape index (κ2) is 9.27. The van der Waals surface area contributed by atoms with Crippen LogP contribution in [0.3, 0.4) is 0 Å². The van der Waals surface area contributed by atoms with Gasteiger partial charge in [0.25, 0.3) is 5.91 Å². The lowest BCUT2D eigenvalue weighted by molar-refractivity contribution is -0.117. The SMILES string of the molecule is O=C(NCc1cccc(COc2ccccc2)c1)c1ccc(N2CCCC2=O)cc1. The second-order valence-electron chi connectivity index (χ2n) is 7.30. The van der Waals surface area contributed by atoms with E-state index in [1.165, 1.54) is 0 Å². The van der Waals surface area contributed by atoms with E-state index in [0.29, 0.717) is 25.1 Å². The van der Waals surface area contributed by atoms with Gasteiger partial charge in [-0.3, -0.25) is 9.59 Å². The zero-order chi connectivity index (χ0) is 20.8. The summed E-state index contributed by atoms with van der Waals surface area (Å²) in [5, 5.41) is 2.95. The Bertz CT molecular complexity index is 1020. The lowest BCUT2D eigenvalue weighted by Gasteiger charge is -2.15. The minimum Gasteiger partial charge on any atom is -0.489 e. The molecule has 0 aliphatic carbocycles. The van der Waals surface area contributed by atoms with E-state index in [0.717, 1.165) is 35.5 Å². The topological polar surface area (TPSA) is 58.6 Å². The predicted octanol–water partition coefficient (Wildman–Crippen LogP) is 4.32. The molecule has 1 heterocycles. The first-order valence-corrected chi connectivity index (χ1v) is 10.1. The average molecular weight is 400 g/mol. The Kier molecular flexibility index (Phi) is 6.09. The van der Waals surface area contributed by atoms with Gasteiger partial charge >= 0.3 is 0 Å². The number of amides is 2. The van der Waals surface area contributed by atoms with E-state index in [1.54, 1.807) is 17.0 Å². The van der Waals surface area contributed by atoms with Crippen LogP contribution >= 0.6 is 0 Å². The number of ether oxygens (including phenoxy) is 1. The fourth-order valence-electron chi connectivity index (χ4n) is 3.51. The molecule has 0 radical (unpaired) electrons. The molecule has 0 saturated carbocycles. The van der Waals surface area contributed by atoms with Crippen LogP contribution in [0, 0.1) is 0 Å². The number of hydrogen-bond acceptors (Lipinski definition) is 3. The normalized spacial score (nSPS) is 13.3. The van der Waals surface area contributed by atoms with Gasteiger partial charge in [0.2, 0.25) is 5.91 Å². The Balaban J connectivity index is 1.32. The van der Waals surface area contributed by atoms with Crippen LogP contribution in [0.4, 0.5) is 5.69 Å². The highest BCUT2D eigenvalue weighted by Crippen LogP contribution is 2.21. The van der Waals surface area contributed by atoms with E-state index in [2.05, 4.69) is 5.32 Å². The highest BCUT2D eigenvalue weighted by Gasteiger charge is 2.21. The molecule has 1 aliphatic rings. The monoisotopic (exact) mass is 400 g/mol. The van der Waals surface area contributed by atoms with E-state index < -0.39 is 0 Å². The van der Waals surface area contributed by atoms with Gasteiger partial charge in [0.05, 0.1) is 0 Å². The minimum absolute atomic E-state index is 0.139. The molecule has 1 saturated heterocycles. The molecule has 30 heavy (non-hydrogen) atoms. The number of benzene rings is 3. The van der Waals surface area contributed by atoms with Crippen LogP contribution in [0.15, 0.2) is 78.9 Å². The van der Waals surface area contributed by atoms with Crippen molar-refractivity contribution in [2.24, 2.45) is 0 Å². The Labute approximate surface area is 176 Å². The second-order valence-corrected chi connectivity index (χ2v) is 7.30. The molecule has 1 fully saturated rings. The van der Waals surface area contributed by atoms with Crippen LogP contribution < -0.4 is 15.0 Å². The summed E-state index contributed by atoms with van der Waals surface area (Å²) in [6.45, 7) is 1.65. The Morgan fingerprint density at radius 3 is 2.43 bits per heavy atom. The van der Waals surface area contributed by atoms with Crippen LogP contribution in [0.5, 0.6) is 5.75 Å². The number of rotatable bonds is 7. The van der Waals surface area contributed by atoms with E-state index in [1.807, 2.05) is 66.7 Å². The number of para-hydroxylation sites is 1.